The number of para-hydroxylation sites is 1. The van der Waals surface area contributed by atoms with Crippen LogP contribution >= 0.6 is 11.3 Å². The summed E-state index contributed by atoms with van der Waals surface area (Å²) in [5.74, 6) is 0.195. The standard InChI is InChI=1S/C20H22F3N5OS/c1-3-13(10-29)8-9-24-17-16(18-27-14-6-4-5-7-15(14)30-18)12(2)26-19(28-17)25-11-20(21,22)23/h4-7,10,13H,3,8-9,11H2,1-2H3,(H2,24,25,26,28). The summed E-state index contributed by atoms with van der Waals surface area (Å²) in [5.41, 5.74) is 1.99. The highest BCUT2D eigenvalue weighted by atomic mass is 32.1. The fourth-order valence-electron chi connectivity index (χ4n) is 2.94. The first kappa shape index (κ1) is 21.9. The predicted molar refractivity (Wildman–Crippen MR) is 113 cm³/mol. The fraction of sp³-hybridized carbons (Fsp3) is 0.400. The Morgan fingerprint density at radius 3 is 2.60 bits per heavy atom. The summed E-state index contributed by atoms with van der Waals surface area (Å²) in [6.45, 7) is 2.87. The first-order valence-corrected chi connectivity index (χ1v) is 10.4. The third-order valence-electron chi connectivity index (χ3n) is 4.57. The number of hydrogen-bond donors (Lipinski definition) is 2. The van der Waals surface area contributed by atoms with E-state index in [0.29, 0.717) is 35.0 Å². The number of alkyl halides is 3. The van der Waals surface area contributed by atoms with Crippen LogP contribution in [0.4, 0.5) is 24.9 Å². The SMILES string of the molecule is CCC(C=O)CCNc1nc(NCC(F)(F)F)nc(C)c1-c1nc2ccccc2s1. The summed E-state index contributed by atoms with van der Waals surface area (Å²) in [7, 11) is 0. The molecule has 0 radical (unpaired) electrons. The van der Waals surface area contributed by atoms with E-state index in [4.69, 9.17) is 0 Å². The van der Waals surface area contributed by atoms with E-state index in [1.54, 1.807) is 6.92 Å². The Labute approximate surface area is 176 Å². The molecule has 2 heterocycles. The predicted octanol–water partition coefficient (Wildman–Crippen LogP) is 5.06. The molecule has 0 aliphatic rings. The number of rotatable bonds is 9. The summed E-state index contributed by atoms with van der Waals surface area (Å²) in [5, 5.41) is 6.08. The van der Waals surface area contributed by atoms with Gasteiger partial charge in [-0.3, -0.25) is 0 Å². The Morgan fingerprint density at radius 2 is 1.93 bits per heavy atom. The minimum Gasteiger partial charge on any atom is -0.369 e. The van der Waals surface area contributed by atoms with E-state index in [0.717, 1.165) is 22.9 Å². The number of carbonyl (C=O) groups is 1. The second-order valence-electron chi connectivity index (χ2n) is 6.83. The molecule has 30 heavy (non-hydrogen) atoms. The minimum absolute atomic E-state index is 0.0887. The second kappa shape index (κ2) is 9.38. The zero-order valence-electron chi connectivity index (χ0n) is 16.6. The van der Waals surface area contributed by atoms with Crippen LogP contribution < -0.4 is 10.6 Å². The molecule has 2 N–H and O–H groups in total. The third-order valence-corrected chi connectivity index (χ3v) is 5.62. The number of thiazole rings is 1. The second-order valence-corrected chi connectivity index (χ2v) is 7.86. The highest BCUT2D eigenvalue weighted by molar-refractivity contribution is 7.21. The van der Waals surface area contributed by atoms with Gasteiger partial charge >= 0.3 is 6.18 Å². The van der Waals surface area contributed by atoms with Crippen LogP contribution in [0.2, 0.25) is 0 Å². The molecular weight excluding hydrogens is 415 g/mol. The average Bonchev–Trinajstić information content (AvgIpc) is 3.12. The highest BCUT2D eigenvalue weighted by Crippen LogP contribution is 2.36. The molecule has 0 amide bonds. The van der Waals surface area contributed by atoms with Gasteiger partial charge in [0, 0.05) is 12.5 Å². The van der Waals surface area contributed by atoms with Gasteiger partial charge < -0.3 is 15.4 Å². The van der Waals surface area contributed by atoms with Crippen molar-refractivity contribution in [1.82, 2.24) is 15.0 Å². The monoisotopic (exact) mass is 437 g/mol. The topological polar surface area (TPSA) is 79.8 Å². The van der Waals surface area contributed by atoms with Gasteiger partial charge in [-0.25, -0.2) is 9.97 Å². The van der Waals surface area contributed by atoms with Crippen molar-refractivity contribution in [2.75, 3.05) is 23.7 Å². The fourth-order valence-corrected chi connectivity index (χ4v) is 4.00. The Kier molecular flexibility index (Phi) is 6.86. The molecule has 0 aliphatic heterocycles. The lowest BCUT2D eigenvalue weighted by Crippen LogP contribution is -2.23. The summed E-state index contributed by atoms with van der Waals surface area (Å²) >= 11 is 1.46. The number of aldehydes is 1. The molecule has 3 rings (SSSR count). The molecule has 160 valence electrons. The van der Waals surface area contributed by atoms with Crippen LogP contribution in [-0.4, -0.2) is 40.5 Å². The van der Waals surface area contributed by atoms with E-state index in [1.165, 1.54) is 11.3 Å². The first-order chi connectivity index (χ1) is 14.3. The number of nitrogens with one attached hydrogen (secondary N) is 2. The van der Waals surface area contributed by atoms with Gasteiger partial charge in [-0.05, 0) is 31.9 Å². The molecule has 2 aromatic heterocycles. The molecular formula is C20H22F3N5OS. The van der Waals surface area contributed by atoms with Crippen LogP contribution in [0, 0.1) is 12.8 Å². The summed E-state index contributed by atoms with van der Waals surface area (Å²) in [4.78, 5) is 24.2. The number of nitrogens with zero attached hydrogens (tertiary/aromatic N) is 3. The Hall–Kier alpha value is -2.75. The number of carbonyl (C=O) groups excluding carboxylic acids is 1. The van der Waals surface area contributed by atoms with E-state index in [2.05, 4.69) is 25.6 Å². The molecule has 0 saturated carbocycles. The summed E-state index contributed by atoms with van der Waals surface area (Å²) in [6, 6.07) is 7.66. The Morgan fingerprint density at radius 1 is 1.17 bits per heavy atom. The maximum atomic E-state index is 12.6. The van der Waals surface area contributed by atoms with Gasteiger partial charge in [0.25, 0.3) is 0 Å². The van der Waals surface area contributed by atoms with Gasteiger partial charge in [0.1, 0.15) is 23.7 Å². The van der Waals surface area contributed by atoms with Crippen molar-refractivity contribution >= 4 is 39.6 Å². The summed E-state index contributed by atoms with van der Waals surface area (Å²) < 4.78 is 38.8. The zero-order valence-corrected chi connectivity index (χ0v) is 17.4. The molecule has 6 nitrogen and oxygen atoms in total. The molecule has 0 fully saturated rings. The van der Waals surface area contributed by atoms with Gasteiger partial charge in [-0.2, -0.15) is 18.2 Å². The van der Waals surface area contributed by atoms with Crippen LogP contribution in [0.25, 0.3) is 20.8 Å². The highest BCUT2D eigenvalue weighted by Gasteiger charge is 2.27. The van der Waals surface area contributed by atoms with Gasteiger partial charge in [-0.1, -0.05) is 19.1 Å². The number of aromatic nitrogens is 3. The molecule has 0 saturated heterocycles. The molecule has 0 aliphatic carbocycles. The number of fused-ring (bicyclic) bond motifs is 1. The van der Waals surface area contributed by atoms with E-state index < -0.39 is 12.7 Å². The van der Waals surface area contributed by atoms with Crippen molar-refractivity contribution < 1.29 is 18.0 Å². The molecule has 1 aromatic carbocycles. The van der Waals surface area contributed by atoms with Crippen molar-refractivity contribution in [3.05, 3.63) is 30.0 Å². The zero-order chi connectivity index (χ0) is 21.7. The molecule has 1 atom stereocenters. The smallest absolute Gasteiger partial charge is 0.369 e. The van der Waals surface area contributed by atoms with E-state index in [9.17, 15) is 18.0 Å². The summed E-state index contributed by atoms with van der Waals surface area (Å²) in [6.07, 6.45) is -2.16. The number of benzene rings is 1. The maximum Gasteiger partial charge on any atom is 0.405 e. The quantitative estimate of drug-likeness (QED) is 0.456. The largest absolute Gasteiger partial charge is 0.405 e. The number of halogens is 3. The van der Waals surface area contributed by atoms with Gasteiger partial charge in [-0.15, -0.1) is 11.3 Å². The van der Waals surface area contributed by atoms with Crippen molar-refractivity contribution in [3.8, 4) is 10.6 Å². The van der Waals surface area contributed by atoms with Crippen LogP contribution in [-0.2, 0) is 4.79 Å². The minimum atomic E-state index is -4.38. The van der Waals surface area contributed by atoms with Gasteiger partial charge in [0.2, 0.25) is 5.95 Å². The Bertz CT molecular complexity index is 988. The van der Waals surface area contributed by atoms with E-state index in [-0.39, 0.29) is 11.9 Å². The van der Waals surface area contributed by atoms with Gasteiger partial charge in [0.15, 0.2) is 0 Å². The molecule has 3 aromatic rings. The first-order valence-electron chi connectivity index (χ1n) is 9.55. The van der Waals surface area contributed by atoms with Crippen molar-refractivity contribution in [2.24, 2.45) is 5.92 Å². The number of anilines is 2. The maximum absolute atomic E-state index is 12.6. The van der Waals surface area contributed by atoms with Crippen LogP contribution in [0.3, 0.4) is 0 Å². The van der Waals surface area contributed by atoms with Crippen molar-refractivity contribution in [1.29, 1.82) is 0 Å². The Balaban J connectivity index is 1.95. The lowest BCUT2D eigenvalue weighted by molar-refractivity contribution is -0.115. The van der Waals surface area contributed by atoms with Gasteiger partial charge in [0.05, 0.1) is 21.5 Å². The molecule has 10 heteroatoms. The third kappa shape index (κ3) is 5.44. The average molecular weight is 437 g/mol. The van der Waals surface area contributed by atoms with Crippen molar-refractivity contribution in [3.63, 3.8) is 0 Å². The molecule has 0 bridgehead atoms. The van der Waals surface area contributed by atoms with Crippen LogP contribution in [0.1, 0.15) is 25.5 Å². The normalized spacial score (nSPS) is 12.7. The van der Waals surface area contributed by atoms with E-state index in [1.807, 2.05) is 31.2 Å². The number of aryl methyl sites for hydroxylation is 1. The van der Waals surface area contributed by atoms with Crippen LogP contribution in [0.5, 0.6) is 0 Å². The lowest BCUT2D eigenvalue weighted by atomic mass is 10.0. The van der Waals surface area contributed by atoms with E-state index >= 15 is 0 Å². The van der Waals surface area contributed by atoms with Crippen molar-refractivity contribution in [2.45, 2.75) is 32.9 Å². The lowest BCUT2D eigenvalue weighted by Gasteiger charge is -2.15. The molecule has 0 spiro atoms. The molecule has 1 unspecified atom stereocenters. The van der Waals surface area contributed by atoms with Crippen LogP contribution in [0.15, 0.2) is 24.3 Å². The number of hydrogen-bond acceptors (Lipinski definition) is 7.